The summed E-state index contributed by atoms with van der Waals surface area (Å²) in [5.74, 6) is 5.48. The lowest BCUT2D eigenvalue weighted by Gasteiger charge is -2.15. The van der Waals surface area contributed by atoms with E-state index < -0.39 is 0 Å². The molecular formula is C11H17N3. The molecule has 1 heterocycles. The third-order valence-corrected chi connectivity index (χ3v) is 2.24. The van der Waals surface area contributed by atoms with Crippen molar-refractivity contribution in [3.63, 3.8) is 0 Å². The second-order valence-electron chi connectivity index (χ2n) is 3.28. The van der Waals surface area contributed by atoms with Gasteiger partial charge in [-0.25, -0.2) is 0 Å². The molecule has 0 saturated carbocycles. The topological polar surface area (TPSA) is 50.9 Å². The number of nitrogens with one attached hydrogen (secondary N) is 1. The number of nitrogens with zero attached hydrogens (tertiary/aromatic N) is 1. The van der Waals surface area contributed by atoms with Crippen LogP contribution in [0.4, 0.5) is 0 Å². The van der Waals surface area contributed by atoms with Gasteiger partial charge in [0.1, 0.15) is 0 Å². The van der Waals surface area contributed by atoms with Crippen molar-refractivity contribution in [2.24, 2.45) is 5.84 Å². The molecular weight excluding hydrogens is 174 g/mol. The Labute approximate surface area is 85.0 Å². The molecule has 76 valence electrons. The number of aromatic nitrogens is 1. The van der Waals surface area contributed by atoms with E-state index in [-0.39, 0.29) is 6.04 Å². The summed E-state index contributed by atoms with van der Waals surface area (Å²) in [5, 5.41) is 0. The van der Waals surface area contributed by atoms with Gasteiger partial charge >= 0.3 is 0 Å². The van der Waals surface area contributed by atoms with Crippen molar-refractivity contribution in [1.82, 2.24) is 10.4 Å². The molecule has 1 aromatic rings. The molecule has 0 bridgehead atoms. The molecule has 0 aromatic carbocycles. The van der Waals surface area contributed by atoms with Crippen LogP contribution in [0.25, 0.3) is 0 Å². The Morgan fingerprint density at radius 3 is 2.93 bits per heavy atom. The molecule has 0 aliphatic rings. The lowest BCUT2D eigenvalue weighted by atomic mass is 10.0. The molecule has 1 rings (SSSR count). The van der Waals surface area contributed by atoms with Crippen molar-refractivity contribution >= 4 is 0 Å². The first-order chi connectivity index (χ1) is 6.77. The van der Waals surface area contributed by atoms with Crippen LogP contribution in [-0.2, 0) is 0 Å². The molecule has 14 heavy (non-hydrogen) atoms. The van der Waals surface area contributed by atoms with E-state index in [1.54, 1.807) is 6.20 Å². The standard InChI is InChI=1S/C11H17N3/c1-3-9(2)8-11(14-12)10-6-4-5-7-13-10/h4-7,11,14H,2-3,8,12H2,1H3. The molecule has 3 N–H and O–H groups in total. The minimum atomic E-state index is 0.0728. The molecule has 0 spiro atoms. The highest BCUT2D eigenvalue weighted by Crippen LogP contribution is 2.18. The minimum Gasteiger partial charge on any atom is -0.271 e. The smallest absolute Gasteiger partial charge is 0.0669 e. The number of rotatable bonds is 5. The lowest BCUT2D eigenvalue weighted by Crippen LogP contribution is -2.28. The number of pyridine rings is 1. The monoisotopic (exact) mass is 191 g/mol. The Hall–Kier alpha value is -1.19. The first kappa shape index (κ1) is 10.9. The summed E-state index contributed by atoms with van der Waals surface area (Å²) in [7, 11) is 0. The van der Waals surface area contributed by atoms with Gasteiger partial charge in [-0.3, -0.25) is 16.3 Å². The summed E-state index contributed by atoms with van der Waals surface area (Å²) in [5.41, 5.74) is 4.90. The van der Waals surface area contributed by atoms with Crippen LogP contribution in [0.3, 0.4) is 0 Å². The fourth-order valence-corrected chi connectivity index (χ4v) is 1.26. The van der Waals surface area contributed by atoms with Crippen LogP contribution in [-0.4, -0.2) is 4.98 Å². The first-order valence-corrected chi connectivity index (χ1v) is 4.81. The van der Waals surface area contributed by atoms with Crippen LogP contribution in [0.1, 0.15) is 31.5 Å². The van der Waals surface area contributed by atoms with Gasteiger partial charge in [-0.15, -0.1) is 0 Å². The molecule has 3 nitrogen and oxygen atoms in total. The second kappa shape index (κ2) is 5.52. The van der Waals surface area contributed by atoms with Crippen LogP contribution in [0.15, 0.2) is 36.5 Å². The summed E-state index contributed by atoms with van der Waals surface area (Å²) in [6.45, 7) is 6.05. The van der Waals surface area contributed by atoms with Crippen molar-refractivity contribution in [2.45, 2.75) is 25.8 Å². The van der Waals surface area contributed by atoms with Crippen molar-refractivity contribution in [1.29, 1.82) is 0 Å². The maximum Gasteiger partial charge on any atom is 0.0669 e. The zero-order chi connectivity index (χ0) is 10.4. The number of hydrazine groups is 1. The molecule has 0 aliphatic carbocycles. The van der Waals surface area contributed by atoms with E-state index in [1.807, 2.05) is 18.2 Å². The van der Waals surface area contributed by atoms with Gasteiger partial charge in [-0.1, -0.05) is 25.1 Å². The number of hydrogen-bond donors (Lipinski definition) is 2. The van der Waals surface area contributed by atoms with Gasteiger partial charge in [0.05, 0.1) is 11.7 Å². The molecule has 3 heteroatoms. The van der Waals surface area contributed by atoms with E-state index in [1.165, 1.54) is 5.57 Å². The summed E-state index contributed by atoms with van der Waals surface area (Å²) in [4.78, 5) is 4.25. The fourth-order valence-electron chi connectivity index (χ4n) is 1.26. The van der Waals surface area contributed by atoms with Gasteiger partial charge in [0.15, 0.2) is 0 Å². The predicted octanol–water partition coefficient (Wildman–Crippen LogP) is 1.94. The molecule has 0 saturated heterocycles. The van der Waals surface area contributed by atoms with Gasteiger partial charge in [0, 0.05) is 6.20 Å². The Morgan fingerprint density at radius 1 is 1.64 bits per heavy atom. The summed E-state index contributed by atoms with van der Waals surface area (Å²) >= 11 is 0. The van der Waals surface area contributed by atoms with E-state index in [0.29, 0.717) is 0 Å². The molecule has 1 unspecified atom stereocenters. The van der Waals surface area contributed by atoms with Crippen molar-refractivity contribution in [2.75, 3.05) is 0 Å². The summed E-state index contributed by atoms with van der Waals surface area (Å²) < 4.78 is 0. The van der Waals surface area contributed by atoms with E-state index in [9.17, 15) is 0 Å². The molecule has 1 aromatic heterocycles. The zero-order valence-electron chi connectivity index (χ0n) is 8.53. The van der Waals surface area contributed by atoms with Gasteiger partial charge in [-0.2, -0.15) is 0 Å². The maximum atomic E-state index is 5.48. The average Bonchev–Trinajstić information content (AvgIpc) is 2.26. The van der Waals surface area contributed by atoms with E-state index in [0.717, 1.165) is 18.5 Å². The highest BCUT2D eigenvalue weighted by molar-refractivity contribution is 5.11. The third-order valence-electron chi connectivity index (χ3n) is 2.24. The van der Waals surface area contributed by atoms with Crippen molar-refractivity contribution in [3.8, 4) is 0 Å². The fraction of sp³-hybridized carbons (Fsp3) is 0.364. The second-order valence-corrected chi connectivity index (χ2v) is 3.28. The van der Waals surface area contributed by atoms with Crippen molar-refractivity contribution in [3.05, 3.63) is 42.2 Å². The highest BCUT2D eigenvalue weighted by Gasteiger charge is 2.10. The van der Waals surface area contributed by atoms with Crippen LogP contribution in [0.5, 0.6) is 0 Å². The molecule has 0 fully saturated rings. The molecule has 1 atom stereocenters. The first-order valence-electron chi connectivity index (χ1n) is 4.81. The number of hydrogen-bond acceptors (Lipinski definition) is 3. The van der Waals surface area contributed by atoms with E-state index in [4.69, 9.17) is 5.84 Å². The van der Waals surface area contributed by atoms with Crippen LogP contribution < -0.4 is 11.3 Å². The van der Waals surface area contributed by atoms with Crippen molar-refractivity contribution < 1.29 is 0 Å². The van der Waals surface area contributed by atoms with Gasteiger partial charge in [0.2, 0.25) is 0 Å². The Balaban J connectivity index is 2.68. The summed E-state index contributed by atoms with van der Waals surface area (Å²) in [6.07, 6.45) is 3.59. The van der Waals surface area contributed by atoms with Gasteiger partial charge in [-0.05, 0) is 25.0 Å². The van der Waals surface area contributed by atoms with Crippen LogP contribution >= 0.6 is 0 Å². The largest absolute Gasteiger partial charge is 0.271 e. The van der Waals surface area contributed by atoms with E-state index >= 15 is 0 Å². The quantitative estimate of drug-likeness (QED) is 0.425. The average molecular weight is 191 g/mol. The van der Waals surface area contributed by atoms with Gasteiger partial charge < -0.3 is 0 Å². The lowest BCUT2D eigenvalue weighted by molar-refractivity contribution is 0.532. The molecule has 0 aliphatic heterocycles. The van der Waals surface area contributed by atoms with Gasteiger partial charge in [0.25, 0.3) is 0 Å². The molecule has 0 amide bonds. The van der Waals surface area contributed by atoms with Crippen LogP contribution in [0.2, 0.25) is 0 Å². The van der Waals surface area contributed by atoms with E-state index in [2.05, 4.69) is 23.9 Å². The normalized spacial score (nSPS) is 12.4. The van der Waals surface area contributed by atoms with Crippen LogP contribution in [0, 0.1) is 0 Å². The highest BCUT2D eigenvalue weighted by atomic mass is 15.2. The Morgan fingerprint density at radius 2 is 2.43 bits per heavy atom. The Bertz CT molecular complexity index is 282. The summed E-state index contributed by atoms with van der Waals surface area (Å²) in [6, 6.07) is 5.89. The third kappa shape index (κ3) is 2.94. The Kier molecular flexibility index (Phi) is 4.29. The zero-order valence-corrected chi connectivity index (χ0v) is 8.53. The minimum absolute atomic E-state index is 0.0728. The number of nitrogens with two attached hydrogens (primary N) is 1. The predicted molar refractivity (Wildman–Crippen MR) is 58.3 cm³/mol. The molecule has 0 radical (unpaired) electrons. The SMILES string of the molecule is C=C(CC)CC(NN)c1ccccn1. The maximum absolute atomic E-state index is 5.48.